The van der Waals surface area contributed by atoms with Crippen molar-refractivity contribution in [2.24, 2.45) is 0 Å². The molecule has 0 bridgehead atoms. The summed E-state index contributed by atoms with van der Waals surface area (Å²) in [7, 11) is 0. The second-order valence-electron chi connectivity index (χ2n) is 14.0. The average Bonchev–Trinajstić information content (AvgIpc) is 3.88. The fourth-order valence-electron chi connectivity index (χ4n) is 8.67. The van der Waals surface area contributed by atoms with E-state index < -0.39 is 0 Å². The average molecular weight is 700 g/mol. The van der Waals surface area contributed by atoms with Crippen molar-refractivity contribution in [3.8, 4) is 40.3 Å². The van der Waals surface area contributed by atoms with Crippen LogP contribution in [0.3, 0.4) is 0 Å². The van der Waals surface area contributed by atoms with Crippen molar-refractivity contribution in [3.05, 3.63) is 187 Å². The van der Waals surface area contributed by atoms with Gasteiger partial charge in [-0.05, 0) is 96.1 Å². The minimum absolute atomic E-state index is 0.581. The van der Waals surface area contributed by atoms with Crippen LogP contribution in [0.1, 0.15) is 11.1 Å². The van der Waals surface area contributed by atoms with Gasteiger partial charge in [0.25, 0.3) is 0 Å². The van der Waals surface area contributed by atoms with Gasteiger partial charge in [0.2, 0.25) is 0 Å². The molecule has 254 valence electrons. The summed E-state index contributed by atoms with van der Waals surface area (Å²) < 4.78 is 6.87. The summed E-state index contributed by atoms with van der Waals surface area (Å²) in [4.78, 5) is 0. The van der Waals surface area contributed by atoms with E-state index in [0.717, 1.165) is 61.0 Å². The Hall–Kier alpha value is -7.86. The van der Waals surface area contributed by atoms with Crippen LogP contribution >= 0.6 is 0 Å². The van der Waals surface area contributed by atoms with Gasteiger partial charge in [0.05, 0.1) is 56.0 Å². The van der Waals surface area contributed by atoms with Crippen LogP contribution in [0.4, 0.5) is 0 Å². The first-order valence-corrected chi connectivity index (χ1v) is 18.3. The Labute approximate surface area is 316 Å². The third-order valence-electron chi connectivity index (χ3n) is 11.1. The number of benzene rings is 8. The van der Waals surface area contributed by atoms with Gasteiger partial charge in [-0.25, -0.2) is 0 Å². The lowest BCUT2D eigenvalue weighted by molar-refractivity contribution is 1.16. The van der Waals surface area contributed by atoms with Crippen molar-refractivity contribution in [2.45, 2.75) is 0 Å². The molecule has 0 aliphatic carbocycles. The largest absolute Gasteiger partial charge is 0.309 e. The van der Waals surface area contributed by atoms with Gasteiger partial charge >= 0.3 is 0 Å². The Morgan fingerprint density at radius 3 is 1.38 bits per heavy atom. The van der Waals surface area contributed by atoms with Crippen LogP contribution in [0.5, 0.6) is 0 Å². The summed E-state index contributed by atoms with van der Waals surface area (Å²) in [6.45, 7) is 0. The molecule has 55 heavy (non-hydrogen) atoms. The van der Waals surface area contributed by atoms with Crippen molar-refractivity contribution in [3.63, 3.8) is 0 Å². The maximum absolute atomic E-state index is 10.3. The number of nitrogens with zero attached hydrogens (tertiary/aromatic N) is 5. The van der Waals surface area contributed by atoms with Gasteiger partial charge in [-0.2, -0.15) is 10.5 Å². The van der Waals surface area contributed by atoms with E-state index in [4.69, 9.17) is 0 Å². The van der Waals surface area contributed by atoms with E-state index in [1.54, 1.807) is 0 Å². The highest BCUT2D eigenvalue weighted by Crippen LogP contribution is 2.38. The predicted octanol–water partition coefficient (Wildman–Crippen LogP) is 12.4. The minimum Gasteiger partial charge on any atom is -0.309 e. The molecule has 0 saturated heterocycles. The predicted molar refractivity (Wildman–Crippen MR) is 224 cm³/mol. The van der Waals surface area contributed by atoms with Crippen molar-refractivity contribution < 1.29 is 0 Å². The van der Waals surface area contributed by atoms with Crippen molar-refractivity contribution in [1.29, 1.82) is 10.5 Å². The van der Waals surface area contributed by atoms with E-state index in [0.29, 0.717) is 11.1 Å². The quantitative estimate of drug-likeness (QED) is 0.184. The highest BCUT2D eigenvalue weighted by atomic mass is 15.0. The molecule has 3 heterocycles. The molecule has 8 aromatic carbocycles. The minimum atomic E-state index is 0.581. The molecule has 5 nitrogen and oxygen atoms in total. The summed E-state index contributed by atoms with van der Waals surface area (Å²) in [5, 5.41) is 26.8. The molecule has 0 amide bonds. The molecule has 0 saturated carbocycles. The number of para-hydroxylation sites is 4. The summed E-state index contributed by atoms with van der Waals surface area (Å²) in [6.07, 6.45) is 0. The molecule has 0 fully saturated rings. The Morgan fingerprint density at radius 2 is 0.782 bits per heavy atom. The molecule has 0 unspecified atom stereocenters. The number of fused-ring (bicyclic) bond motifs is 9. The fraction of sp³-hybridized carbons (Fsp3) is 0. The van der Waals surface area contributed by atoms with Gasteiger partial charge in [-0.1, -0.05) is 91.0 Å². The van der Waals surface area contributed by atoms with Crippen LogP contribution in [-0.2, 0) is 0 Å². The monoisotopic (exact) mass is 699 g/mol. The summed E-state index contributed by atoms with van der Waals surface area (Å²) >= 11 is 0. The Bertz CT molecular complexity index is 3400. The molecule has 5 heteroatoms. The molecular formula is C50H29N5. The zero-order valence-corrected chi connectivity index (χ0v) is 29.5. The highest BCUT2D eigenvalue weighted by Gasteiger charge is 2.18. The molecule has 0 N–H and O–H groups in total. The van der Waals surface area contributed by atoms with Crippen LogP contribution < -0.4 is 0 Å². The molecular weight excluding hydrogens is 671 g/mol. The lowest BCUT2D eigenvalue weighted by Gasteiger charge is -2.13. The van der Waals surface area contributed by atoms with E-state index >= 15 is 0 Å². The topological polar surface area (TPSA) is 62.4 Å². The SMILES string of the molecule is N#Cc1ccc2c(c1)c1ccccc1n2-c1cc(-c2ccc(-n3c4ccccc4c4cc(-n5c6ccccc6c6ccccc65)ccc43)cc2)ccc1C#N. The number of hydrogen-bond donors (Lipinski definition) is 0. The molecule has 11 aromatic rings. The fourth-order valence-corrected chi connectivity index (χ4v) is 8.67. The number of hydrogen-bond acceptors (Lipinski definition) is 2. The van der Waals surface area contributed by atoms with E-state index in [2.05, 4.69) is 159 Å². The van der Waals surface area contributed by atoms with Gasteiger partial charge in [0, 0.05) is 43.7 Å². The van der Waals surface area contributed by atoms with E-state index in [1.165, 1.54) is 32.6 Å². The smallest absolute Gasteiger partial charge is 0.101 e. The molecule has 3 aromatic heterocycles. The van der Waals surface area contributed by atoms with Crippen LogP contribution in [0, 0.1) is 22.7 Å². The highest BCUT2D eigenvalue weighted by molar-refractivity contribution is 6.13. The molecule has 0 aliphatic heterocycles. The number of rotatable bonds is 4. The summed E-state index contributed by atoms with van der Waals surface area (Å²) in [5.74, 6) is 0. The number of nitriles is 2. The Kier molecular flexibility index (Phi) is 6.61. The lowest BCUT2D eigenvalue weighted by Crippen LogP contribution is -1.98. The van der Waals surface area contributed by atoms with Gasteiger partial charge in [-0.15, -0.1) is 0 Å². The Morgan fingerprint density at radius 1 is 0.327 bits per heavy atom. The van der Waals surface area contributed by atoms with Gasteiger partial charge in [0.15, 0.2) is 0 Å². The maximum atomic E-state index is 10.3. The standard InChI is InChI=1S/C50H29N5/c51-30-32-17-25-49-42(27-32)40-11-4-8-16-47(40)55(49)50-28-34(18-19-35(50)31-52)33-20-22-36(23-21-33)53-46-15-7-3-12-41(46)43-29-37(24-26-48(43)53)54-44-13-5-1-9-38(44)39-10-2-6-14-45(39)54/h1-29H. The second kappa shape index (κ2) is 11.8. The van der Waals surface area contributed by atoms with Crippen molar-refractivity contribution in [1.82, 2.24) is 13.7 Å². The normalized spacial score (nSPS) is 11.6. The van der Waals surface area contributed by atoms with Crippen LogP contribution in [0.15, 0.2) is 176 Å². The molecule has 0 aliphatic rings. The van der Waals surface area contributed by atoms with Crippen molar-refractivity contribution in [2.75, 3.05) is 0 Å². The molecule has 0 radical (unpaired) electrons. The van der Waals surface area contributed by atoms with E-state index in [-0.39, 0.29) is 0 Å². The first-order valence-electron chi connectivity index (χ1n) is 18.3. The molecule has 0 spiro atoms. The maximum Gasteiger partial charge on any atom is 0.101 e. The first kappa shape index (κ1) is 30.7. The second-order valence-corrected chi connectivity index (χ2v) is 14.0. The zero-order valence-electron chi connectivity index (χ0n) is 29.5. The molecule has 0 atom stereocenters. The third kappa shape index (κ3) is 4.51. The van der Waals surface area contributed by atoms with Crippen LogP contribution in [0.25, 0.3) is 93.6 Å². The van der Waals surface area contributed by atoms with Gasteiger partial charge in [-0.3, -0.25) is 0 Å². The Balaban J connectivity index is 1.04. The van der Waals surface area contributed by atoms with Crippen LogP contribution in [-0.4, -0.2) is 13.7 Å². The third-order valence-corrected chi connectivity index (χ3v) is 11.1. The first-order chi connectivity index (χ1) is 27.2. The zero-order chi connectivity index (χ0) is 36.6. The lowest BCUT2D eigenvalue weighted by atomic mass is 10.0. The van der Waals surface area contributed by atoms with Crippen molar-refractivity contribution >= 4 is 65.4 Å². The molecule has 11 rings (SSSR count). The van der Waals surface area contributed by atoms with E-state index in [1.807, 2.05) is 42.5 Å². The number of aromatic nitrogens is 3. The van der Waals surface area contributed by atoms with Gasteiger partial charge < -0.3 is 13.7 Å². The van der Waals surface area contributed by atoms with Crippen LogP contribution in [0.2, 0.25) is 0 Å². The summed E-state index contributed by atoms with van der Waals surface area (Å²) in [5.41, 5.74) is 12.9. The van der Waals surface area contributed by atoms with Gasteiger partial charge in [0.1, 0.15) is 6.07 Å². The van der Waals surface area contributed by atoms with E-state index in [9.17, 15) is 10.5 Å². The summed E-state index contributed by atoms with van der Waals surface area (Å²) in [6, 6.07) is 66.1.